The molecule has 0 amide bonds. The molecule has 166 valence electrons. The molecule has 0 spiro atoms. The molecule has 0 saturated heterocycles. The van der Waals surface area contributed by atoms with Crippen molar-refractivity contribution in [3.05, 3.63) is 156 Å². The number of ether oxygens (including phenoxy) is 1. The third kappa shape index (κ3) is 5.63. The molecule has 2 heteroatoms. The third-order valence-electron chi connectivity index (χ3n) is 5.80. The van der Waals surface area contributed by atoms with Crippen molar-refractivity contribution in [3.63, 3.8) is 0 Å². The molecule has 0 saturated carbocycles. The van der Waals surface area contributed by atoms with E-state index in [0.29, 0.717) is 6.61 Å². The summed E-state index contributed by atoms with van der Waals surface area (Å²) in [6.07, 6.45) is 0.911. The molecule has 5 aromatic carbocycles. The quantitative estimate of drug-likeness (QED) is 0.238. The van der Waals surface area contributed by atoms with E-state index >= 15 is 0 Å². The summed E-state index contributed by atoms with van der Waals surface area (Å²) in [5.41, 5.74) is 3.78. The molecular formula is C32H27OP. The first-order valence-corrected chi connectivity index (χ1v) is 12.9. The van der Waals surface area contributed by atoms with Crippen LogP contribution in [0.3, 0.4) is 0 Å². The van der Waals surface area contributed by atoms with E-state index in [1.807, 2.05) is 18.2 Å². The molecule has 0 atom stereocenters. The van der Waals surface area contributed by atoms with Crippen LogP contribution in [0.4, 0.5) is 0 Å². The minimum atomic E-state index is -0.562. The Hall–Kier alpha value is -3.67. The normalized spacial score (nSPS) is 10.9. The summed E-state index contributed by atoms with van der Waals surface area (Å²) >= 11 is 0. The topological polar surface area (TPSA) is 9.23 Å². The smallest absolute Gasteiger partial charge is 0.119 e. The molecule has 1 nitrogen and oxygen atoms in total. The minimum Gasteiger partial charge on any atom is -0.489 e. The van der Waals surface area contributed by atoms with Crippen molar-refractivity contribution in [2.24, 2.45) is 0 Å². The Morgan fingerprint density at radius 2 is 0.853 bits per heavy atom. The van der Waals surface area contributed by atoms with Crippen molar-refractivity contribution in [1.82, 2.24) is 0 Å². The monoisotopic (exact) mass is 458 g/mol. The van der Waals surface area contributed by atoms with Gasteiger partial charge in [-0.3, -0.25) is 0 Å². The summed E-state index contributed by atoms with van der Waals surface area (Å²) in [4.78, 5) is 0. The fourth-order valence-corrected chi connectivity index (χ4v) is 6.33. The van der Waals surface area contributed by atoms with E-state index in [0.717, 1.165) is 12.2 Å². The zero-order valence-electron chi connectivity index (χ0n) is 19.0. The predicted molar refractivity (Wildman–Crippen MR) is 145 cm³/mol. The zero-order chi connectivity index (χ0) is 23.0. The Morgan fingerprint density at radius 1 is 0.412 bits per heavy atom. The summed E-state index contributed by atoms with van der Waals surface area (Å²) in [6.45, 7) is 0.591. The second-order valence-electron chi connectivity index (χ2n) is 8.27. The van der Waals surface area contributed by atoms with Gasteiger partial charge in [0.05, 0.1) is 0 Å². The maximum atomic E-state index is 5.93. The maximum absolute atomic E-state index is 5.93. The molecule has 0 aliphatic heterocycles. The Kier molecular flexibility index (Phi) is 7.14. The summed E-state index contributed by atoms with van der Waals surface area (Å²) in [7, 11) is -0.562. The number of hydrogen-bond acceptors (Lipinski definition) is 1. The molecular weight excluding hydrogens is 431 g/mol. The minimum absolute atomic E-state index is 0.562. The predicted octanol–water partition coefficient (Wildman–Crippen LogP) is 6.61. The van der Waals surface area contributed by atoms with Gasteiger partial charge < -0.3 is 4.74 Å². The molecule has 0 N–H and O–H groups in total. The Balaban J connectivity index is 1.28. The fourth-order valence-electron chi connectivity index (χ4n) is 4.04. The highest BCUT2D eigenvalue weighted by atomic mass is 31.1. The number of hydrogen-bond donors (Lipinski definition) is 0. The lowest BCUT2D eigenvalue weighted by atomic mass is 10.1. The van der Waals surface area contributed by atoms with Crippen LogP contribution in [0.2, 0.25) is 0 Å². The second-order valence-corrected chi connectivity index (χ2v) is 10.5. The Labute approximate surface area is 203 Å². The van der Waals surface area contributed by atoms with Crippen LogP contribution in [0.1, 0.15) is 16.7 Å². The van der Waals surface area contributed by atoms with Gasteiger partial charge in [-0.2, -0.15) is 0 Å². The first-order valence-electron chi connectivity index (χ1n) is 11.6. The van der Waals surface area contributed by atoms with Crippen LogP contribution in [0.25, 0.3) is 0 Å². The lowest BCUT2D eigenvalue weighted by Crippen LogP contribution is -2.20. The maximum Gasteiger partial charge on any atom is 0.119 e. The van der Waals surface area contributed by atoms with Crippen LogP contribution in [-0.4, -0.2) is 0 Å². The van der Waals surface area contributed by atoms with Gasteiger partial charge in [-0.15, -0.1) is 0 Å². The average molecular weight is 459 g/mol. The Bertz CT molecular complexity index is 1240. The van der Waals surface area contributed by atoms with E-state index in [-0.39, 0.29) is 0 Å². The van der Waals surface area contributed by atoms with Crippen molar-refractivity contribution in [2.75, 3.05) is 0 Å². The standard InChI is InChI=1S/C32H27OP/c1-4-10-28(11-5-1)25-33-29-20-16-26(17-21-29)24-27-18-22-32(23-19-27)34(30-12-6-2-7-13-30)31-14-8-3-9-15-31/h1-23H,24-25H2. The summed E-state index contributed by atoms with van der Waals surface area (Å²) in [5, 5.41) is 4.13. The van der Waals surface area contributed by atoms with Crippen LogP contribution in [0.15, 0.2) is 140 Å². The third-order valence-corrected chi connectivity index (χ3v) is 8.25. The van der Waals surface area contributed by atoms with E-state index in [1.165, 1.54) is 32.6 Å². The fraction of sp³-hybridized carbons (Fsp3) is 0.0625. The van der Waals surface area contributed by atoms with Crippen molar-refractivity contribution in [3.8, 4) is 5.75 Å². The summed E-state index contributed by atoms with van der Waals surface area (Å²) in [6, 6.07) is 49.6. The first-order chi connectivity index (χ1) is 16.8. The van der Waals surface area contributed by atoms with Crippen LogP contribution in [0.5, 0.6) is 5.75 Å². The summed E-state index contributed by atoms with van der Waals surface area (Å²) < 4.78 is 5.93. The molecule has 34 heavy (non-hydrogen) atoms. The zero-order valence-corrected chi connectivity index (χ0v) is 19.9. The SMILES string of the molecule is c1ccc(COc2ccc(Cc3ccc(P(c4ccccc4)c4ccccc4)cc3)cc2)cc1. The van der Waals surface area contributed by atoms with Gasteiger partial charge in [0.25, 0.3) is 0 Å². The highest BCUT2D eigenvalue weighted by molar-refractivity contribution is 7.79. The number of rotatable bonds is 8. The molecule has 0 fully saturated rings. The molecule has 0 aliphatic carbocycles. The molecule has 0 heterocycles. The molecule has 0 aromatic heterocycles. The highest BCUT2D eigenvalue weighted by Gasteiger charge is 2.15. The van der Waals surface area contributed by atoms with Crippen LogP contribution in [0, 0.1) is 0 Å². The van der Waals surface area contributed by atoms with Gasteiger partial charge in [-0.1, -0.05) is 127 Å². The van der Waals surface area contributed by atoms with E-state index in [2.05, 4.69) is 121 Å². The lowest BCUT2D eigenvalue weighted by molar-refractivity contribution is 0.306. The van der Waals surface area contributed by atoms with Gasteiger partial charge in [0.15, 0.2) is 0 Å². The summed E-state index contributed by atoms with van der Waals surface area (Å²) in [5.74, 6) is 0.902. The van der Waals surface area contributed by atoms with Gasteiger partial charge in [0.2, 0.25) is 0 Å². The molecule has 0 bridgehead atoms. The Morgan fingerprint density at radius 3 is 1.38 bits per heavy atom. The highest BCUT2D eigenvalue weighted by Crippen LogP contribution is 2.32. The van der Waals surface area contributed by atoms with E-state index in [9.17, 15) is 0 Å². The number of benzene rings is 5. The van der Waals surface area contributed by atoms with Crippen molar-refractivity contribution < 1.29 is 4.74 Å². The van der Waals surface area contributed by atoms with Crippen molar-refractivity contribution in [2.45, 2.75) is 13.0 Å². The molecule has 0 unspecified atom stereocenters. The van der Waals surface area contributed by atoms with Crippen LogP contribution < -0.4 is 20.7 Å². The van der Waals surface area contributed by atoms with Crippen LogP contribution >= 0.6 is 7.92 Å². The van der Waals surface area contributed by atoms with Crippen molar-refractivity contribution >= 4 is 23.8 Å². The second kappa shape index (κ2) is 11.0. The van der Waals surface area contributed by atoms with Gasteiger partial charge in [0.1, 0.15) is 12.4 Å². The van der Waals surface area contributed by atoms with Crippen molar-refractivity contribution in [1.29, 1.82) is 0 Å². The van der Waals surface area contributed by atoms with E-state index in [4.69, 9.17) is 4.74 Å². The largest absolute Gasteiger partial charge is 0.489 e. The lowest BCUT2D eigenvalue weighted by Gasteiger charge is -2.19. The molecule has 0 aliphatic rings. The average Bonchev–Trinajstić information content (AvgIpc) is 2.91. The van der Waals surface area contributed by atoms with Gasteiger partial charge in [-0.05, 0) is 59.1 Å². The van der Waals surface area contributed by atoms with Gasteiger partial charge in [-0.25, -0.2) is 0 Å². The first kappa shape index (κ1) is 22.1. The molecule has 5 rings (SSSR count). The van der Waals surface area contributed by atoms with Crippen LogP contribution in [-0.2, 0) is 13.0 Å². The molecule has 0 radical (unpaired) electrons. The van der Waals surface area contributed by atoms with E-state index < -0.39 is 7.92 Å². The van der Waals surface area contributed by atoms with Gasteiger partial charge >= 0.3 is 0 Å². The molecule has 5 aromatic rings. The van der Waals surface area contributed by atoms with Gasteiger partial charge in [0, 0.05) is 0 Å². The van der Waals surface area contributed by atoms with E-state index in [1.54, 1.807) is 0 Å².